The molecule has 0 unspecified atom stereocenters. The van der Waals surface area contributed by atoms with Gasteiger partial charge in [-0.05, 0) is 29.3 Å². The Bertz CT molecular complexity index is 816. The highest BCUT2D eigenvalue weighted by Gasteiger charge is 2.13. The van der Waals surface area contributed by atoms with Gasteiger partial charge in [0.25, 0.3) is 5.91 Å². The monoisotopic (exact) mass is 381 g/mol. The molecule has 2 aromatic rings. The van der Waals surface area contributed by atoms with Crippen molar-refractivity contribution in [3.8, 4) is 0 Å². The van der Waals surface area contributed by atoms with Crippen LogP contribution < -0.4 is 10.6 Å². The van der Waals surface area contributed by atoms with Crippen LogP contribution in [-0.2, 0) is 22.6 Å². The highest BCUT2D eigenvalue weighted by atomic mass is 16.5. The van der Waals surface area contributed by atoms with Crippen LogP contribution in [0.1, 0.15) is 34.8 Å². The largest absolute Gasteiger partial charge is 0.379 e. The SMILES string of the molecule is CCC(=O)Nc1cccc(C(=O)NCc2ccccc2CN2CCOCC2)c1. The summed E-state index contributed by atoms with van der Waals surface area (Å²) in [5.41, 5.74) is 3.48. The van der Waals surface area contributed by atoms with Gasteiger partial charge < -0.3 is 15.4 Å². The zero-order valence-corrected chi connectivity index (χ0v) is 16.2. The summed E-state index contributed by atoms with van der Waals surface area (Å²) in [4.78, 5) is 26.5. The molecule has 28 heavy (non-hydrogen) atoms. The molecule has 1 heterocycles. The molecule has 2 aromatic carbocycles. The number of morpholine rings is 1. The van der Waals surface area contributed by atoms with Crippen LogP contribution in [0.25, 0.3) is 0 Å². The van der Waals surface area contributed by atoms with E-state index < -0.39 is 0 Å². The molecule has 0 aromatic heterocycles. The van der Waals surface area contributed by atoms with E-state index in [9.17, 15) is 9.59 Å². The molecule has 0 aliphatic carbocycles. The fraction of sp³-hybridized carbons (Fsp3) is 0.364. The lowest BCUT2D eigenvalue weighted by atomic mass is 10.1. The number of anilines is 1. The first-order chi connectivity index (χ1) is 13.7. The van der Waals surface area contributed by atoms with E-state index in [-0.39, 0.29) is 11.8 Å². The van der Waals surface area contributed by atoms with Crippen LogP contribution in [0.15, 0.2) is 48.5 Å². The first-order valence-electron chi connectivity index (χ1n) is 9.70. The highest BCUT2D eigenvalue weighted by Crippen LogP contribution is 2.14. The zero-order valence-electron chi connectivity index (χ0n) is 16.2. The van der Waals surface area contributed by atoms with Crippen LogP contribution in [0.3, 0.4) is 0 Å². The Morgan fingerprint density at radius 3 is 2.54 bits per heavy atom. The minimum Gasteiger partial charge on any atom is -0.379 e. The third kappa shape index (κ3) is 5.65. The first-order valence-corrected chi connectivity index (χ1v) is 9.70. The van der Waals surface area contributed by atoms with Crippen molar-refractivity contribution in [3.63, 3.8) is 0 Å². The molecule has 0 atom stereocenters. The fourth-order valence-electron chi connectivity index (χ4n) is 3.15. The van der Waals surface area contributed by atoms with Gasteiger partial charge in [0.15, 0.2) is 0 Å². The van der Waals surface area contributed by atoms with Crippen molar-refractivity contribution >= 4 is 17.5 Å². The quantitative estimate of drug-likeness (QED) is 0.774. The number of benzene rings is 2. The summed E-state index contributed by atoms with van der Waals surface area (Å²) in [6.07, 6.45) is 0.399. The Balaban J connectivity index is 1.61. The molecule has 0 spiro atoms. The van der Waals surface area contributed by atoms with Crippen molar-refractivity contribution < 1.29 is 14.3 Å². The van der Waals surface area contributed by atoms with Crippen LogP contribution >= 0.6 is 0 Å². The van der Waals surface area contributed by atoms with Gasteiger partial charge in [-0.2, -0.15) is 0 Å². The van der Waals surface area contributed by atoms with E-state index in [2.05, 4.69) is 21.6 Å². The maximum absolute atomic E-state index is 12.6. The minimum absolute atomic E-state index is 0.0744. The van der Waals surface area contributed by atoms with Crippen LogP contribution in [-0.4, -0.2) is 43.0 Å². The van der Waals surface area contributed by atoms with Gasteiger partial charge in [-0.1, -0.05) is 37.3 Å². The van der Waals surface area contributed by atoms with Crippen LogP contribution in [0.5, 0.6) is 0 Å². The van der Waals surface area contributed by atoms with Gasteiger partial charge in [0.1, 0.15) is 0 Å². The lowest BCUT2D eigenvalue weighted by Crippen LogP contribution is -2.36. The number of ether oxygens (including phenoxy) is 1. The standard InChI is InChI=1S/C22H27N3O3/c1-2-21(26)24-20-9-5-8-17(14-20)22(27)23-15-18-6-3-4-7-19(18)16-25-10-12-28-13-11-25/h3-9,14H,2,10-13,15-16H2,1H3,(H,23,27)(H,24,26). The Hall–Kier alpha value is -2.70. The van der Waals surface area contributed by atoms with E-state index >= 15 is 0 Å². The number of nitrogens with one attached hydrogen (secondary N) is 2. The van der Waals surface area contributed by atoms with Gasteiger partial charge >= 0.3 is 0 Å². The van der Waals surface area contributed by atoms with E-state index in [1.807, 2.05) is 18.2 Å². The molecule has 1 saturated heterocycles. The summed E-state index contributed by atoms with van der Waals surface area (Å²) >= 11 is 0. The van der Waals surface area contributed by atoms with Crippen molar-refractivity contribution in [2.75, 3.05) is 31.6 Å². The Morgan fingerprint density at radius 2 is 1.79 bits per heavy atom. The molecule has 3 rings (SSSR count). The molecule has 0 saturated carbocycles. The molecule has 2 amide bonds. The van der Waals surface area contributed by atoms with Crippen molar-refractivity contribution in [2.45, 2.75) is 26.4 Å². The molecule has 0 radical (unpaired) electrons. The van der Waals surface area contributed by atoms with Crippen LogP contribution in [0.4, 0.5) is 5.69 Å². The van der Waals surface area contributed by atoms with Crippen molar-refractivity contribution in [2.24, 2.45) is 0 Å². The Morgan fingerprint density at radius 1 is 1.04 bits per heavy atom. The van der Waals surface area contributed by atoms with Gasteiger partial charge in [-0.3, -0.25) is 14.5 Å². The predicted molar refractivity (Wildman–Crippen MR) is 109 cm³/mol. The number of carbonyl (C=O) groups is 2. The van der Waals surface area contributed by atoms with E-state index in [1.165, 1.54) is 5.56 Å². The van der Waals surface area contributed by atoms with E-state index in [1.54, 1.807) is 31.2 Å². The fourth-order valence-corrected chi connectivity index (χ4v) is 3.15. The maximum atomic E-state index is 12.6. The second kappa shape index (κ2) is 10.0. The number of nitrogens with zero attached hydrogens (tertiary/aromatic N) is 1. The van der Waals surface area contributed by atoms with E-state index in [0.717, 1.165) is 38.4 Å². The van der Waals surface area contributed by atoms with E-state index in [0.29, 0.717) is 24.2 Å². The highest BCUT2D eigenvalue weighted by molar-refractivity contribution is 5.97. The summed E-state index contributed by atoms with van der Waals surface area (Å²) < 4.78 is 5.41. The van der Waals surface area contributed by atoms with Crippen molar-refractivity contribution in [1.82, 2.24) is 10.2 Å². The predicted octanol–water partition coefficient (Wildman–Crippen LogP) is 2.80. The molecule has 1 fully saturated rings. The van der Waals surface area contributed by atoms with Gasteiger partial charge in [-0.15, -0.1) is 0 Å². The smallest absolute Gasteiger partial charge is 0.251 e. The summed E-state index contributed by atoms with van der Waals surface area (Å²) in [5, 5.41) is 5.77. The zero-order chi connectivity index (χ0) is 19.8. The number of rotatable bonds is 7. The molecule has 6 nitrogen and oxygen atoms in total. The number of hydrogen-bond acceptors (Lipinski definition) is 4. The van der Waals surface area contributed by atoms with E-state index in [4.69, 9.17) is 4.74 Å². The molecule has 0 bridgehead atoms. The molecule has 2 N–H and O–H groups in total. The topological polar surface area (TPSA) is 70.7 Å². The number of carbonyl (C=O) groups excluding carboxylic acids is 2. The van der Waals surface area contributed by atoms with Gasteiger partial charge in [0, 0.05) is 43.9 Å². The van der Waals surface area contributed by atoms with Gasteiger partial charge in [0.2, 0.25) is 5.91 Å². The maximum Gasteiger partial charge on any atom is 0.251 e. The first kappa shape index (κ1) is 20.0. The van der Waals surface area contributed by atoms with Crippen molar-refractivity contribution in [3.05, 3.63) is 65.2 Å². The summed E-state index contributed by atoms with van der Waals surface area (Å²) in [7, 11) is 0. The molecular weight excluding hydrogens is 354 g/mol. The Labute approximate surface area is 165 Å². The summed E-state index contributed by atoms with van der Waals surface area (Å²) in [6.45, 7) is 6.50. The van der Waals surface area contributed by atoms with Gasteiger partial charge in [-0.25, -0.2) is 0 Å². The van der Waals surface area contributed by atoms with Crippen LogP contribution in [0.2, 0.25) is 0 Å². The third-order valence-corrected chi connectivity index (χ3v) is 4.79. The molecule has 148 valence electrons. The van der Waals surface area contributed by atoms with Crippen molar-refractivity contribution in [1.29, 1.82) is 0 Å². The van der Waals surface area contributed by atoms with Crippen LogP contribution in [0, 0.1) is 0 Å². The molecular formula is C22H27N3O3. The lowest BCUT2D eigenvalue weighted by molar-refractivity contribution is -0.115. The molecule has 1 aliphatic heterocycles. The lowest BCUT2D eigenvalue weighted by Gasteiger charge is -2.27. The second-order valence-corrected chi connectivity index (χ2v) is 6.82. The summed E-state index contributed by atoms with van der Waals surface area (Å²) in [5.74, 6) is -0.233. The Kier molecular flexibility index (Phi) is 7.17. The average molecular weight is 381 g/mol. The minimum atomic E-state index is -0.159. The normalized spacial score (nSPS) is 14.5. The molecule has 6 heteroatoms. The number of hydrogen-bond donors (Lipinski definition) is 2. The third-order valence-electron chi connectivity index (χ3n) is 4.79. The number of amides is 2. The average Bonchev–Trinajstić information content (AvgIpc) is 2.73. The van der Waals surface area contributed by atoms with Gasteiger partial charge in [0.05, 0.1) is 13.2 Å². The second-order valence-electron chi connectivity index (χ2n) is 6.82. The molecule has 1 aliphatic rings. The summed E-state index contributed by atoms with van der Waals surface area (Å²) in [6, 6.07) is 15.2.